The average molecular weight is 1340 g/mol. The van der Waals surface area contributed by atoms with Gasteiger partial charge in [0.15, 0.2) is 12.2 Å². The summed E-state index contributed by atoms with van der Waals surface area (Å²) in [7, 11) is -9.95. The van der Waals surface area contributed by atoms with Gasteiger partial charge in [0, 0.05) is 25.7 Å². The number of aliphatic hydroxyl groups excluding tert-OH is 1. The molecule has 0 amide bonds. The van der Waals surface area contributed by atoms with Crippen LogP contribution in [0.25, 0.3) is 0 Å². The molecular formula is C73H126O17P2. The van der Waals surface area contributed by atoms with E-state index in [0.717, 1.165) is 180 Å². The van der Waals surface area contributed by atoms with Crippen molar-refractivity contribution in [3.63, 3.8) is 0 Å². The molecular weight excluding hydrogens is 1210 g/mol. The maximum absolute atomic E-state index is 13.0. The van der Waals surface area contributed by atoms with Gasteiger partial charge in [0.1, 0.15) is 19.3 Å². The van der Waals surface area contributed by atoms with Gasteiger partial charge in [0.2, 0.25) is 0 Å². The Morgan fingerprint density at radius 1 is 0.315 bits per heavy atom. The maximum Gasteiger partial charge on any atom is 0.472 e. The summed E-state index contributed by atoms with van der Waals surface area (Å²) in [6.07, 6.45) is 65.7. The van der Waals surface area contributed by atoms with Crippen LogP contribution in [0.1, 0.15) is 285 Å². The van der Waals surface area contributed by atoms with E-state index in [1.54, 1.807) is 0 Å². The van der Waals surface area contributed by atoms with Crippen LogP contribution in [0.3, 0.4) is 0 Å². The lowest BCUT2D eigenvalue weighted by Crippen LogP contribution is -2.30. The SMILES string of the molecule is CC/C=C\C/C=C\C/C=C\C/C=C\CCCCCCC(=O)OCC(COP(=O)(O)OCC(O)COP(=O)(O)OCC(COC(=O)CCCCCCC/C=C\CCCC)OC(=O)CCCCCCC/C=C\CCCC)OC(=O)CCCCCCC/C=C\C/C=C\CCC. The van der Waals surface area contributed by atoms with E-state index in [4.69, 9.17) is 37.0 Å². The van der Waals surface area contributed by atoms with E-state index >= 15 is 0 Å². The summed E-state index contributed by atoms with van der Waals surface area (Å²) in [5.74, 6) is -2.23. The third-order valence-electron chi connectivity index (χ3n) is 14.5. The summed E-state index contributed by atoms with van der Waals surface area (Å²) in [6.45, 7) is 4.53. The van der Waals surface area contributed by atoms with Crippen molar-refractivity contribution in [1.82, 2.24) is 0 Å². The molecule has 0 aliphatic carbocycles. The fraction of sp³-hybridized carbons (Fsp3) is 0.726. The largest absolute Gasteiger partial charge is 0.472 e. The highest BCUT2D eigenvalue weighted by atomic mass is 31.2. The molecule has 0 bridgehead atoms. The average Bonchev–Trinajstić information content (AvgIpc) is 2.89. The van der Waals surface area contributed by atoms with Crippen molar-refractivity contribution in [2.75, 3.05) is 39.6 Å². The molecule has 0 fully saturated rings. The summed E-state index contributed by atoms with van der Waals surface area (Å²) in [5.41, 5.74) is 0. The number of rotatable bonds is 66. The van der Waals surface area contributed by atoms with Crippen molar-refractivity contribution < 1.29 is 80.2 Å². The third kappa shape index (κ3) is 64.7. The van der Waals surface area contributed by atoms with Crippen LogP contribution in [0.4, 0.5) is 0 Å². The lowest BCUT2D eigenvalue weighted by Gasteiger charge is -2.21. The first-order valence-electron chi connectivity index (χ1n) is 35.5. The van der Waals surface area contributed by atoms with Crippen LogP contribution in [-0.2, 0) is 65.4 Å². The number of hydrogen-bond donors (Lipinski definition) is 3. The Labute approximate surface area is 557 Å². The molecule has 0 rings (SSSR count). The predicted molar refractivity (Wildman–Crippen MR) is 372 cm³/mol. The molecule has 0 aromatic heterocycles. The zero-order valence-electron chi connectivity index (χ0n) is 57.4. The highest BCUT2D eigenvalue weighted by Gasteiger charge is 2.30. The summed E-state index contributed by atoms with van der Waals surface area (Å²) in [4.78, 5) is 72.5. The minimum absolute atomic E-state index is 0.0722. The molecule has 0 radical (unpaired) electrons. The molecule has 17 nitrogen and oxygen atoms in total. The van der Waals surface area contributed by atoms with Gasteiger partial charge in [-0.05, 0) is 128 Å². The van der Waals surface area contributed by atoms with Gasteiger partial charge >= 0.3 is 39.5 Å². The highest BCUT2D eigenvalue weighted by Crippen LogP contribution is 2.45. The maximum atomic E-state index is 13.0. The van der Waals surface area contributed by atoms with Gasteiger partial charge in [0.05, 0.1) is 26.4 Å². The number of aliphatic hydroxyl groups is 1. The second-order valence-electron chi connectivity index (χ2n) is 23.4. The van der Waals surface area contributed by atoms with Crippen molar-refractivity contribution in [3.8, 4) is 0 Å². The van der Waals surface area contributed by atoms with E-state index in [2.05, 4.69) is 125 Å². The molecule has 3 N–H and O–H groups in total. The van der Waals surface area contributed by atoms with E-state index in [9.17, 15) is 43.2 Å². The smallest absolute Gasteiger partial charge is 0.462 e. The first kappa shape index (κ1) is 88.0. The molecule has 0 spiro atoms. The van der Waals surface area contributed by atoms with E-state index in [-0.39, 0.29) is 25.7 Å². The normalized spacial score (nSPS) is 14.6. The Kier molecular flexibility index (Phi) is 62.8. The van der Waals surface area contributed by atoms with E-state index in [1.807, 2.05) is 0 Å². The number of allylic oxidation sites excluding steroid dienone is 16. The first-order chi connectivity index (χ1) is 44.7. The Morgan fingerprint density at radius 2 is 0.587 bits per heavy atom. The molecule has 5 atom stereocenters. The number of carbonyl (C=O) groups is 4. The molecule has 92 heavy (non-hydrogen) atoms. The molecule has 19 heteroatoms. The van der Waals surface area contributed by atoms with Crippen molar-refractivity contribution in [3.05, 3.63) is 97.2 Å². The van der Waals surface area contributed by atoms with Gasteiger partial charge < -0.3 is 33.8 Å². The lowest BCUT2D eigenvalue weighted by molar-refractivity contribution is -0.161. The Morgan fingerprint density at radius 3 is 0.924 bits per heavy atom. The van der Waals surface area contributed by atoms with E-state index in [0.29, 0.717) is 25.7 Å². The van der Waals surface area contributed by atoms with Gasteiger partial charge in [-0.1, -0.05) is 228 Å². The molecule has 0 aliphatic heterocycles. The molecule has 0 aromatic carbocycles. The van der Waals surface area contributed by atoms with Crippen molar-refractivity contribution >= 4 is 39.5 Å². The Balaban J connectivity index is 5.34. The molecule has 0 saturated carbocycles. The summed E-state index contributed by atoms with van der Waals surface area (Å²) < 4.78 is 68.2. The molecule has 0 heterocycles. The van der Waals surface area contributed by atoms with Gasteiger partial charge in [-0.3, -0.25) is 37.3 Å². The minimum Gasteiger partial charge on any atom is -0.462 e. The zero-order valence-corrected chi connectivity index (χ0v) is 59.2. The lowest BCUT2D eigenvalue weighted by atomic mass is 10.1. The summed E-state index contributed by atoms with van der Waals surface area (Å²) in [5, 5.41) is 10.6. The Bertz CT molecular complexity index is 2130. The number of carbonyl (C=O) groups excluding carboxylic acids is 4. The fourth-order valence-electron chi connectivity index (χ4n) is 9.03. The van der Waals surface area contributed by atoms with E-state index < -0.39 is 97.5 Å². The number of phosphoric ester groups is 2. The van der Waals surface area contributed by atoms with E-state index in [1.165, 1.54) is 25.7 Å². The monoisotopic (exact) mass is 1340 g/mol. The van der Waals surface area contributed by atoms with Gasteiger partial charge in [0.25, 0.3) is 0 Å². The standard InChI is InChI=1S/C73H126O17P2/c1-5-9-13-17-21-25-29-31-32-33-34-36-39-42-46-50-54-58-71(76)84-64-69(90-73(78)60-56-52-48-44-40-35-30-26-22-18-14-10-6-2)66-88-92(81,82)86-62-67(74)61-85-91(79,80)87-65-68(89-72(77)59-55-51-47-43-38-28-24-20-16-12-8-4)63-83-70(75)57-53-49-45-41-37-27-23-19-15-11-7-3/h9,13-14,18-21,23-26,30-32,34,36,67-69,74H,5-8,10-12,15-17,22,27-29,33,35,37-66H2,1-4H3,(H,79,80)(H,81,82)/b13-9-,18-14-,23-19-,24-20-,25-21-,30-26-,32-31-,36-34-. The van der Waals surface area contributed by atoms with Gasteiger partial charge in [-0.15, -0.1) is 0 Å². The predicted octanol–water partition coefficient (Wildman–Crippen LogP) is 19.7. The third-order valence-corrected chi connectivity index (χ3v) is 16.4. The number of ether oxygens (including phenoxy) is 4. The van der Waals surface area contributed by atoms with Crippen LogP contribution in [0.15, 0.2) is 97.2 Å². The van der Waals surface area contributed by atoms with Gasteiger partial charge in [-0.25, -0.2) is 9.13 Å². The fourth-order valence-corrected chi connectivity index (χ4v) is 10.6. The number of esters is 4. The van der Waals surface area contributed by atoms with Crippen LogP contribution < -0.4 is 0 Å². The van der Waals surface area contributed by atoms with Crippen molar-refractivity contribution in [1.29, 1.82) is 0 Å². The molecule has 530 valence electrons. The topological polar surface area (TPSA) is 237 Å². The molecule has 0 aliphatic rings. The van der Waals surface area contributed by atoms with Crippen molar-refractivity contribution in [2.45, 2.75) is 303 Å². The van der Waals surface area contributed by atoms with Crippen LogP contribution >= 0.6 is 15.6 Å². The number of unbranched alkanes of at least 4 members (excludes halogenated alkanes) is 24. The van der Waals surface area contributed by atoms with Gasteiger partial charge in [-0.2, -0.15) is 0 Å². The molecule has 0 aromatic rings. The number of phosphoric acid groups is 2. The van der Waals surface area contributed by atoms with Crippen LogP contribution in [0, 0.1) is 0 Å². The Hall–Kier alpha value is -4.02. The van der Waals surface area contributed by atoms with Crippen molar-refractivity contribution in [2.24, 2.45) is 0 Å². The van der Waals surface area contributed by atoms with Crippen LogP contribution in [-0.4, -0.2) is 96.7 Å². The van der Waals surface area contributed by atoms with Crippen LogP contribution in [0.2, 0.25) is 0 Å². The molecule has 0 saturated heterocycles. The second-order valence-corrected chi connectivity index (χ2v) is 26.3. The highest BCUT2D eigenvalue weighted by molar-refractivity contribution is 7.47. The second kappa shape index (κ2) is 65.6. The summed E-state index contributed by atoms with van der Waals surface area (Å²) >= 11 is 0. The minimum atomic E-state index is -4.98. The molecule has 5 unspecified atom stereocenters. The van der Waals surface area contributed by atoms with Crippen LogP contribution in [0.5, 0.6) is 0 Å². The summed E-state index contributed by atoms with van der Waals surface area (Å²) in [6, 6.07) is 0. The first-order valence-corrected chi connectivity index (χ1v) is 38.5. The quantitative estimate of drug-likeness (QED) is 0.0169. The number of hydrogen-bond acceptors (Lipinski definition) is 15. The zero-order chi connectivity index (χ0) is 67.5.